The summed E-state index contributed by atoms with van der Waals surface area (Å²) in [5, 5.41) is 16.2. The number of halogens is 5. The summed E-state index contributed by atoms with van der Waals surface area (Å²) in [5.41, 5.74) is 2.52. The largest absolute Gasteiger partial charge is 0.387 e. The Kier molecular flexibility index (Phi) is 12.5. The van der Waals surface area contributed by atoms with Crippen LogP contribution in [0.1, 0.15) is 28.6 Å². The van der Waals surface area contributed by atoms with Gasteiger partial charge in [0.1, 0.15) is 11.6 Å². The minimum absolute atomic E-state index is 0. The number of aromatic nitrogens is 2. The zero-order valence-corrected chi connectivity index (χ0v) is 22.5. The van der Waals surface area contributed by atoms with Crippen LogP contribution < -0.4 is 10.6 Å². The molecule has 0 fully saturated rings. The third-order valence-corrected chi connectivity index (χ3v) is 5.90. The lowest BCUT2D eigenvalue weighted by molar-refractivity contribution is -0.115. The first-order valence-electron chi connectivity index (χ1n) is 11.8. The molecule has 3 N–H and O–H groups in total. The lowest BCUT2D eigenvalue weighted by atomic mass is 10.1. The summed E-state index contributed by atoms with van der Waals surface area (Å²) < 4.78 is 42.2. The van der Waals surface area contributed by atoms with Crippen LogP contribution in [0.5, 0.6) is 0 Å². The first kappa shape index (κ1) is 31.8. The summed E-state index contributed by atoms with van der Waals surface area (Å²) in [6.45, 7) is 1.06. The minimum atomic E-state index is -1.25. The van der Waals surface area contributed by atoms with Gasteiger partial charge >= 0.3 is 0 Å². The van der Waals surface area contributed by atoms with Crippen LogP contribution in [0.25, 0.3) is 0 Å². The molecule has 4 aromatic rings. The van der Waals surface area contributed by atoms with Crippen LogP contribution in [0.15, 0.2) is 79.1 Å². The van der Waals surface area contributed by atoms with Crippen molar-refractivity contribution >= 4 is 36.4 Å². The number of nitrogens with zero attached hydrogens (tertiary/aromatic N) is 2. The summed E-state index contributed by atoms with van der Waals surface area (Å²) in [7, 11) is 0. The number of benzene rings is 3. The van der Waals surface area contributed by atoms with Crippen molar-refractivity contribution < 1.29 is 23.1 Å². The van der Waals surface area contributed by atoms with Gasteiger partial charge in [-0.2, -0.15) is 0 Å². The van der Waals surface area contributed by atoms with Crippen LogP contribution in [0.3, 0.4) is 0 Å². The number of hydrogen-bond acceptors (Lipinski definition) is 4. The summed E-state index contributed by atoms with van der Waals surface area (Å²) in [6, 6.07) is 18.2. The fraction of sp³-hybridized carbons (Fsp3) is 0.214. The number of imidazole rings is 1. The molecule has 1 heterocycles. The average molecular weight is 581 g/mol. The maximum Gasteiger partial charge on any atom is 0.231 e. The van der Waals surface area contributed by atoms with Crippen LogP contribution in [0.4, 0.5) is 18.9 Å². The smallest absolute Gasteiger partial charge is 0.231 e. The van der Waals surface area contributed by atoms with Crippen molar-refractivity contribution in [2.75, 3.05) is 18.4 Å². The Morgan fingerprint density at radius 1 is 0.949 bits per heavy atom. The van der Waals surface area contributed by atoms with E-state index in [1.165, 1.54) is 10.8 Å². The molecule has 0 saturated carbocycles. The van der Waals surface area contributed by atoms with E-state index < -0.39 is 23.6 Å². The van der Waals surface area contributed by atoms with Crippen molar-refractivity contribution in [3.63, 3.8) is 0 Å². The van der Waals surface area contributed by atoms with Gasteiger partial charge in [0.2, 0.25) is 5.91 Å². The average Bonchev–Trinajstić information content (AvgIpc) is 3.32. The molecule has 0 aliphatic rings. The van der Waals surface area contributed by atoms with Gasteiger partial charge in [0, 0.05) is 36.3 Å². The van der Waals surface area contributed by atoms with Gasteiger partial charge in [-0.05, 0) is 42.3 Å². The van der Waals surface area contributed by atoms with Gasteiger partial charge in [-0.3, -0.25) is 4.79 Å². The Labute approximate surface area is 237 Å². The molecule has 1 aromatic heterocycles. The lowest BCUT2D eigenvalue weighted by Gasteiger charge is -2.12. The van der Waals surface area contributed by atoms with E-state index in [0.29, 0.717) is 30.7 Å². The zero-order valence-electron chi connectivity index (χ0n) is 20.8. The highest BCUT2D eigenvalue weighted by molar-refractivity contribution is 5.91. The Morgan fingerprint density at radius 2 is 1.64 bits per heavy atom. The van der Waals surface area contributed by atoms with Crippen molar-refractivity contribution in [3.05, 3.63) is 119 Å². The van der Waals surface area contributed by atoms with E-state index >= 15 is 0 Å². The number of nitrogens with one attached hydrogen (secondary N) is 2. The van der Waals surface area contributed by atoms with E-state index in [1.807, 2.05) is 42.5 Å². The Balaban J connectivity index is 0.00000267. The Bertz CT molecular complexity index is 1340. The SMILES string of the molecule is Cl.Cl.O=C(Cc1nccn1Cc1cc(F)c(F)cc1F)Nc1ccc(CCNCC(O)c2ccccc2)cc1. The number of aliphatic hydroxyl groups is 1. The Hall–Kier alpha value is -3.37. The van der Waals surface area contributed by atoms with Gasteiger partial charge in [0.25, 0.3) is 0 Å². The molecule has 1 atom stereocenters. The second-order valence-corrected chi connectivity index (χ2v) is 8.63. The van der Waals surface area contributed by atoms with Gasteiger partial charge in [-0.25, -0.2) is 18.2 Å². The highest BCUT2D eigenvalue weighted by Gasteiger charge is 2.14. The molecule has 0 aliphatic heterocycles. The number of hydrogen-bond donors (Lipinski definition) is 3. The molecule has 4 rings (SSSR count). The molecule has 39 heavy (non-hydrogen) atoms. The predicted octanol–water partition coefficient (Wildman–Crippen LogP) is 5.24. The third-order valence-electron chi connectivity index (χ3n) is 5.90. The molecule has 0 bridgehead atoms. The van der Waals surface area contributed by atoms with Gasteiger partial charge < -0.3 is 20.3 Å². The highest BCUT2D eigenvalue weighted by atomic mass is 35.5. The first-order chi connectivity index (χ1) is 17.9. The molecule has 0 aliphatic carbocycles. The van der Waals surface area contributed by atoms with E-state index in [4.69, 9.17) is 0 Å². The van der Waals surface area contributed by atoms with E-state index in [0.717, 1.165) is 23.6 Å². The van der Waals surface area contributed by atoms with E-state index in [1.54, 1.807) is 18.3 Å². The topological polar surface area (TPSA) is 79.2 Å². The van der Waals surface area contributed by atoms with Crippen molar-refractivity contribution in [3.8, 4) is 0 Å². The van der Waals surface area contributed by atoms with Gasteiger partial charge in [0.05, 0.1) is 19.1 Å². The van der Waals surface area contributed by atoms with Crippen molar-refractivity contribution in [1.82, 2.24) is 14.9 Å². The van der Waals surface area contributed by atoms with Crippen molar-refractivity contribution in [2.24, 2.45) is 0 Å². The van der Waals surface area contributed by atoms with Crippen molar-refractivity contribution in [1.29, 1.82) is 0 Å². The van der Waals surface area contributed by atoms with Crippen LogP contribution in [0.2, 0.25) is 0 Å². The van der Waals surface area contributed by atoms with Gasteiger partial charge in [-0.15, -0.1) is 24.8 Å². The molecular formula is C28H29Cl2F3N4O2. The normalized spacial score (nSPS) is 11.3. The number of carbonyl (C=O) groups excluding carboxylic acids is 1. The summed E-state index contributed by atoms with van der Waals surface area (Å²) >= 11 is 0. The standard InChI is InChI=1S/C28H27F3N4O2.2ClH/c29-23-15-25(31)24(30)14-21(23)18-35-13-12-33-27(35)16-28(37)34-22-8-6-19(7-9-22)10-11-32-17-26(36)20-4-2-1-3-5-20;;/h1-9,12-15,26,32,36H,10-11,16-18H2,(H,34,37);2*1H. The second kappa shape index (κ2) is 15.3. The number of amides is 1. The maximum atomic E-state index is 14.0. The predicted molar refractivity (Wildman–Crippen MR) is 149 cm³/mol. The molecule has 3 aromatic carbocycles. The number of aliphatic hydroxyl groups excluding tert-OH is 1. The van der Waals surface area contributed by atoms with E-state index in [2.05, 4.69) is 15.6 Å². The molecule has 11 heteroatoms. The third kappa shape index (κ3) is 9.11. The van der Waals surface area contributed by atoms with Crippen molar-refractivity contribution in [2.45, 2.75) is 25.5 Å². The molecule has 1 amide bonds. The molecule has 1 unspecified atom stereocenters. The van der Waals surface area contributed by atoms with E-state index in [-0.39, 0.29) is 49.3 Å². The molecular weight excluding hydrogens is 552 g/mol. The molecule has 6 nitrogen and oxygen atoms in total. The zero-order chi connectivity index (χ0) is 26.2. The lowest BCUT2D eigenvalue weighted by Crippen LogP contribution is -2.23. The van der Waals surface area contributed by atoms with Crippen LogP contribution in [0, 0.1) is 17.5 Å². The molecule has 0 saturated heterocycles. The summed E-state index contributed by atoms with van der Waals surface area (Å²) in [6.07, 6.45) is 3.12. The molecule has 0 radical (unpaired) electrons. The monoisotopic (exact) mass is 580 g/mol. The number of rotatable bonds is 11. The van der Waals surface area contributed by atoms with Crippen LogP contribution in [-0.4, -0.2) is 33.7 Å². The maximum absolute atomic E-state index is 14.0. The molecule has 0 spiro atoms. The fourth-order valence-corrected chi connectivity index (χ4v) is 3.89. The Morgan fingerprint density at radius 3 is 2.36 bits per heavy atom. The summed E-state index contributed by atoms with van der Waals surface area (Å²) in [5.74, 6) is -3.22. The quantitative estimate of drug-likeness (QED) is 0.167. The number of anilines is 1. The molecule has 208 valence electrons. The van der Waals surface area contributed by atoms with E-state index in [9.17, 15) is 23.1 Å². The minimum Gasteiger partial charge on any atom is -0.387 e. The summed E-state index contributed by atoms with van der Waals surface area (Å²) in [4.78, 5) is 16.7. The second-order valence-electron chi connectivity index (χ2n) is 8.63. The number of carbonyl (C=O) groups is 1. The first-order valence-corrected chi connectivity index (χ1v) is 11.8. The van der Waals surface area contributed by atoms with Gasteiger partial charge in [0.15, 0.2) is 11.6 Å². The highest BCUT2D eigenvalue weighted by Crippen LogP contribution is 2.17. The van der Waals surface area contributed by atoms with Crippen LogP contribution in [-0.2, 0) is 24.2 Å². The van der Waals surface area contributed by atoms with Gasteiger partial charge in [-0.1, -0.05) is 42.5 Å². The fourth-order valence-electron chi connectivity index (χ4n) is 3.89. The van der Waals surface area contributed by atoms with Crippen LogP contribution >= 0.6 is 24.8 Å².